The molecule has 2 aliphatic rings. The molecule has 2 aliphatic heterocycles. The molecule has 1 aromatic rings. The van der Waals surface area contributed by atoms with Crippen LogP contribution in [-0.4, -0.2) is 36.7 Å². The van der Waals surface area contributed by atoms with E-state index < -0.39 is 0 Å². The number of carbonyl (C=O) groups is 2. The Bertz CT molecular complexity index is 561. The van der Waals surface area contributed by atoms with Gasteiger partial charge in [0.2, 0.25) is 0 Å². The lowest BCUT2D eigenvalue weighted by Gasteiger charge is -2.27. The second-order valence-corrected chi connectivity index (χ2v) is 6.35. The van der Waals surface area contributed by atoms with Crippen molar-refractivity contribution in [2.24, 2.45) is 0 Å². The Morgan fingerprint density at radius 1 is 1.17 bits per heavy atom. The van der Waals surface area contributed by atoms with Crippen LogP contribution in [-0.2, 0) is 4.74 Å². The van der Waals surface area contributed by atoms with Crippen LogP contribution in [0.4, 0.5) is 10.5 Å². The third kappa shape index (κ3) is 4.01. The zero-order chi connectivity index (χ0) is 16.2. The first kappa shape index (κ1) is 15.8. The number of piperidine rings is 1. The van der Waals surface area contributed by atoms with Gasteiger partial charge >= 0.3 is 12.0 Å². The predicted molar refractivity (Wildman–Crippen MR) is 86.3 cm³/mol. The number of amides is 2. The topological polar surface area (TPSA) is 84.0 Å². The molecule has 2 atom stereocenters. The number of rotatable bonds is 4. The Hall–Kier alpha value is -2.08. The number of hydrogen-bond acceptors (Lipinski definition) is 3. The van der Waals surface area contributed by atoms with Gasteiger partial charge in [0, 0.05) is 37.4 Å². The summed E-state index contributed by atoms with van der Waals surface area (Å²) in [4.78, 5) is 23.7. The Morgan fingerprint density at radius 2 is 1.83 bits per heavy atom. The van der Waals surface area contributed by atoms with Crippen molar-refractivity contribution < 1.29 is 19.6 Å². The van der Waals surface area contributed by atoms with Crippen molar-refractivity contribution in [3.05, 3.63) is 29.8 Å². The van der Waals surface area contributed by atoms with E-state index in [0.717, 1.165) is 12.8 Å². The number of ether oxygens (including phenoxy) is 1. The normalized spacial score (nSPS) is 25.7. The SMILES string of the molecule is CCOC(=O)c1ccc(NC(=O)NC2C[C@H]3CC[C@H](C2)[NH2+]3)cc1. The van der Waals surface area contributed by atoms with E-state index in [9.17, 15) is 9.59 Å². The number of hydrogen-bond donors (Lipinski definition) is 3. The lowest BCUT2D eigenvalue weighted by atomic mass is 10.0. The van der Waals surface area contributed by atoms with Gasteiger partial charge in [-0.05, 0) is 31.2 Å². The number of carbonyl (C=O) groups excluding carboxylic acids is 2. The van der Waals surface area contributed by atoms with Crippen molar-refractivity contribution >= 4 is 17.7 Å². The van der Waals surface area contributed by atoms with Gasteiger partial charge in [-0.15, -0.1) is 0 Å². The van der Waals surface area contributed by atoms with Gasteiger partial charge in [0.25, 0.3) is 0 Å². The predicted octanol–water partition coefficient (Wildman–Crippen LogP) is 1.24. The highest BCUT2D eigenvalue weighted by molar-refractivity contribution is 5.92. The summed E-state index contributed by atoms with van der Waals surface area (Å²) in [6.07, 6.45) is 4.62. The van der Waals surface area contributed by atoms with Crippen LogP contribution in [0.1, 0.15) is 43.0 Å². The molecule has 0 saturated carbocycles. The highest BCUT2D eigenvalue weighted by Crippen LogP contribution is 2.21. The molecular weight excluding hydrogens is 294 g/mol. The van der Waals surface area contributed by atoms with Gasteiger partial charge in [0.15, 0.2) is 0 Å². The number of quaternary nitrogens is 1. The summed E-state index contributed by atoms with van der Waals surface area (Å²) >= 11 is 0. The average molecular weight is 318 g/mol. The summed E-state index contributed by atoms with van der Waals surface area (Å²) in [5, 5.41) is 8.34. The molecule has 6 nitrogen and oxygen atoms in total. The molecule has 0 radical (unpaired) electrons. The van der Waals surface area contributed by atoms with E-state index >= 15 is 0 Å². The Morgan fingerprint density at radius 3 is 2.43 bits per heavy atom. The summed E-state index contributed by atoms with van der Waals surface area (Å²) in [7, 11) is 0. The van der Waals surface area contributed by atoms with E-state index in [1.807, 2.05) is 0 Å². The molecule has 6 heteroatoms. The van der Waals surface area contributed by atoms with Gasteiger partial charge in [-0.2, -0.15) is 0 Å². The lowest BCUT2D eigenvalue weighted by molar-refractivity contribution is -0.710. The minimum atomic E-state index is -0.350. The van der Waals surface area contributed by atoms with Gasteiger partial charge in [-0.3, -0.25) is 0 Å². The van der Waals surface area contributed by atoms with Crippen molar-refractivity contribution in [3.8, 4) is 0 Å². The molecule has 0 unspecified atom stereocenters. The van der Waals surface area contributed by atoms with E-state index in [2.05, 4.69) is 16.0 Å². The Balaban J connectivity index is 1.50. The van der Waals surface area contributed by atoms with E-state index in [1.54, 1.807) is 31.2 Å². The molecule has 0 aromatic heterocycles. The second-order valence-electron chi connectivity index (χ2n) is 6.35. The summed E-state index contributed by atoms with van der Waals surface area (Å²) in [5.41, 5.74) is 1.15. The molecule has 1 aromatic carbocycles. The third-order valence-corrected chi connectivity index (χ3v) is 4.62. The molecule has 2 saturated heterocycles. The molecule has 2 fully saturated rings. The first-order valence-corrected chi connectivity index (χ1v) is 8.33. The van der Waals surface area contributed by atoms with Crippen LogP contribution < -0.4 is 16.0 Å². The molecule has 0 aliphatic carbocycles. The largest absolute Gasteiger partial charge is 0.462 e. The fraction of sp³-hybridized carbons (Fsp3) is 0.529. The molecule has 0 spiro atoms. The zero-order valence-electron chi connectivity index (χ0n) is 13.4. The van der Waals surface area contributed by atoms with E-state index in [4.69, 9.17) is 4.74 Å². The van der Waals surface area contributed by atoms with E-state index in [1.165, 1.54) is 12.8 Å². The molecule has 124 valence electrons. The molecular formula is C17H24N3O3+. The van der Waals surface area contributed by atoms with Crippen LogP contribution in [0.3, 0.4) is 0 Å². The quantitative estimate of drug-likeness (QED) is 0.730. The van der Waals surface area contributed by atoms with Crippen LogP contribution >= 0.6 is 0 Å². The number of nitrogens with two attached hydrogens (primary N) is 1. The molecule has 2 amide bonds. The number of urea groups is 1. The van der Waals surface area contributed by atoms with Crippen molar-refractivity contribution in [1.82, 2.24) is 5.32 Å². The number of anilines is 1. The van der Waals surface area contributed by atoms with Crippen molar-refractivity contribution in [2.75, 3.05) is 11.9 Å². The van der Waals surface area contributed by atoms with Crippen molar-refractivity contribution in [1.29, 1.82) is 0 Å². The van der Waals surface area contributed by atoms with Gasteiger partial charge in [0.05, 0.1) is 24.3 Å². The van der Waals surface area contributed by atoms with Crippen molar-refractivity contribution in [3.63, 3.8) is 0 Å². The maximum absolute atomic E-state index is 12.1. The van der Waals surface area contributed by atoms with Gasteiger partial charge in [-0.1, -0.05) is 0 Å². The highest BCUT2D eigenvalue weighted by atomic mass is 16.5. The average Bonchev–Trinajstić information content (AvgIpc) is 2.87. The molecule has 4 N–H and O–H groups in total. The number of fused-ring (bicyclic) bond motifs is 2. The molecule has 3 rings (SSSR count). The second kappa shape index (κ2) is 7.00. The van der Waals surface area contributed by atoms with Crippen molar-refractivity contribution in [2.45, 2.75) is 50.7 Å². The fourth-order valence-corrected chi connectivity index (χ4v) is 3.60. The smallest absolute Gasteiger partial charge is 0.338 e. The Labute approximate surface area is 136 Å². The van der Waals surface area contributed by atoms with Crippen LogP contribution in [0.15, 0.2) is 24.3 Å². The fourth-order valence-electron chi connectivity index (χ4n) is 3.60. The highest BCUT2D eigenvalue weighted by Gasteiger charge is 2.37. The van der Waals surface area contributed by atoms with E-state index in [-0.39, 0.29) is 18.0 Å². The van der Waals surface area contributed by atoms with Gasteiger partial charge in [0.1, 0.15) is 0 Å². The first-order chi connectivity index (χ1) is 11.1. The number of esters is 1. The van der Waals surface area contributed by atoms with Crippen LogP contribution in [0.2, 0.25) is 0 Å². The maximum atomic E-state index is 12.1. The standard InChI is InChI=1S/C17H23N3O3/c1-2-23-16(21)11-3-5-12(6-4-11)19-17(22)20-15-9-13-7-8-14(10-15)18-13/h3-6,13-15,18H,2,7-10H2,1H3,(H2,19,20,22)/p+1/t13-,14-/m1/s1. The monoisotopic (exact) mass is 318 g/mol. The van der Waals surface area contributed by atoms with Crippen LogP contribution in [0.5, 0.6) is 0 Å². The maximum Gasteiger partial charge on any atom is 0.338 e. The molecule has 2 heterocycles. The minimum absolute atomic E-state index is 0.180. The lowest BCUT2D eigenvalue weighted by Crippen LogP contribution is -2.94. The number of benzene rings is 1. The minimum Gasteiger partial charge on any atom is -0.462 e. The van der Waals surface area contributed by atoms with Gasteiger partial charge in [-0.25, -0.2) is 9.59 Å². The van der Waals surface area contributed by atoms with Gasteiger partial charge < -0.3 is 20.7 Å². The number of nitrogens with one attached hydrogen (secondary N) is 2. The van der Waals surface area contributed by atoms with Crippen LogP contribution in [0.25, 0.3) is 0 Å². The zero-order valence-corrected chi connectivity index (χ0v) is 13.4. The summed E-state index contributed by atoms with van der Waals surface area (Å²) in [6, 6.07) is 8.16. The Kier molecular flexibility index (Phi) is 4.81. The third-order valence-electron chi connectivity index (χ3n) is 4.62. The summed E-state index contributed by atoms with van der Waals surface area (Å²) in [6.45, 7) is 2.12. The summed E-state index contributed by atoms with van der Waals surface area (Å²) in [5.74, 6) is -0.350. The molecule has 23 heavy (non-hydrogen) atoms. The van der Waals surface area contributed by atoms with Crippen LogP contribution in [0, 0.1) is 0 Å². The first-order valence-electron chi connectivity index (χ1n) is 8.33. The summed E-state index contributed by atoms with van der Waals surface area (Å²) < 4.78 is 4.93. The van der Waals surface area contributed by atoms with E-state index in [0.29, 0.717) is 29.9 Å². The molecule has 2 bridgehead atoms.